The molecule has 142 valence electrons. The van der Waals surface area contributed by atoms with Gasteiger partial charge in [-0.3, -0.25) is 9.89 Å². The zero-order chi connectivity index (χ0) is 18.4. The lowest BCUT2D eigenvalue weighted by molar-refractivity contribution is -0.141. The first-order valence-corrected chi connectivity index (χ1v) is 9.92. The number of aryl methyl sites for hydroxylation is 1. The Morgan fingerprint density at radius 1 is 1.19 bits per heavy atom. The van der Waals surface area contributed by atoms with Crippen molar-refractivity contribution in [2.75, 3.05) is 25.0 Å². The van der Waals surface area contributed by atoms with Crippen LogP contribution in [0.3, 0.4) is 0 Å². The maximum absolute atomic E-state index is 13.3. The Bertz CT molecular complexity index is 877. The van der Waals surface area contributed by atoms with E-state index in [0.29, 0.717) is 13.1 Å². The molecule has 2 atom stereocenters. The molecular formula is C20H26N6O. The summed E-state index contributed by atoms with van der Waals surface area (Å²) in [6, 6.07) is 6.11. The van der Waals surface area contributed by atoms with Crippen LogP contribution in [0.25, 0.3) is 0 Å². The third kappa shape index (κ3) is 3.00. The minimum Gasteiger partial charge on any atom is -0.332 e. The molecule has 1 amide bonds. The number of hydrogen-bond donors (Lipinski definition) is 2. The van der Waals surface area contributed by atoms with Crippen LogP contribution in [0.5, 0.6) is 0 Å². The van der Waals surface area contributed by atoms with Crippen LogP contribution in [0, 0.1) is 5.41 Å². The molecule has 0 radical (unpaired) electrons. The van der Waals surface area contributed by atoms with Crippen molar-refractivity contribution < 1.29 is 4.79 Å². The number of carbonyl (C=O) groups is 1. The average Bonchev–Trinajstić information content (AvgIpc) is 3.34. The number of nitrogens with zero attached hydrogens (tertiary/aromatic N) is 4. The summed E-state index contributed by atoms with van der Waals surface area (Å²) in [6.45, 7) is 6.32. The molecule has 1 fully saturated rings. The molecule has 5 rings (SSSR count). The minimum atomic E-state index is -0.270. The van der Waals surface area contributed by atoms with Gasteiger partial charge < -0.3 is 15.1 Å². The second kappa shape index (κ2) is 6.34. The van der Waals surface area contributed by atoms with Gasteiger partial charge in [0.25, 0.3) is 0 Å². The van der Waals surface area contributed by atoms with Crippen molar-refractivity contribution in [3.05, 3.63) is 35.2 Å². The molecule has 2 N–H and O–H groups in total. The van der Waals surface area contributed by atoms with Crippen molar-refractivity contribution in [2.24, 2.45) is 5.41 Å². The number of pyridine rings is 1. The van der Waals surface area contributed by atoms with E-state index in [1.54, 1.807) is 0 Å². The molecule has 2 aromatic rings. The van der Waals surface area contributed by atoms with Gasteiger partial charge in [-0.15, -0.1) is 0 Å². The minimum absolute atomic E-state index is 0.270. The van der Waals surface area contributed by atoms with Crippen LogP contribution >= 0.6 is 0 Å². The van der Waals surface area contributed by atoms with Crippen molar-refractivity contribution in [2.45, 2.75) is 45.7 Å². The van der Waals surface area contributed by atoms with Gasteiger partial charge in [0.05, 0.1) is 24.2 Å². The molecule has 6 bridgehead atoms. The fourth-order valence-corrected chi connectivity index (χ4v) is 4.64. The third-order valence-electron chi connectivity index (χ3n) is 6.22. The molecule has 1 saturated heterocycles. The second-order valence-electron chi connectivity index (χ2n) is 8.37. The van der Waals surface area contributed by atoms with Gasteiger partial charge in [0.2, 0.25) is 5.91 Å². The highest BCUT2D eigenvalue weighted by molar-refractivity contribution is 5.84. The maximum Gasteiger partial charge on any atom is 0.230 e. The molecular weight excluding hydrogens is 340 g/mol. The lowest BCUT2D eigenvalue weighted by Gasteiger charge is -2.29. The topological polar surface area (TPSA) is 77.2 Å². The highest BCUT2D eigenvalue weighted by Gasteiger charge is 2.44. The van der Waals surface area contributed by atoms with Gasteiger partial charge in [0.15, 0.2) is 5.82 Å². The normalized spacial score (nSPS) is 27.7. The Labute approximate surface area is 159 Å². The van der Waals surface area contributed by atoms with E-state index in [-0.39, 0.29) is 11.3 Å². The van der Waals surface area contributed by atoms with E-state index in [4.69, 9.17) is 4.98 Å². The molecule has 7 nitrogen and oxygen atoms in total. The lowest BCUT2D eigenvalue weighted by atomic mass is 9.88. The van der Waals surface area contributed by atoms with Crippen molar-refractivity contribution in [1.29, 1.82) is 0 Å². The van der Waals surface area contributed by atoms with E-state index in [1.807, 2.05) is 17.0 Å². The molecule has 5 heterocycles. The summed E-state index contributed by atoms with van der Waals surface area (Å²) in [7, 11) is 0. The first-order valence-electron chi connectivity index (χ1n) is 9.92. The van der Waals surface area contributed by atoms with Gasteiger partial charge in [-0.25, -0.2) is 4.98 Å². The molecule has 3 aliphatic rings. The predicted molar refractivity (Wildman–Crippen MR) is 102 cm³/mol. The zero-order valence-corrected chi connectivity index (χ0v) is 15.8. The highest BCUT2D eigenvalue weighted by atomic mass is 16.2. The SMILES string of the molecule is CC12CCN(CCCCc3cccc(n3)Nc3n[nH]c4c3CN(C4)C1=O)C2. The van der Waals surface area contributed by atoms with Gasteiger partial charge in [-0.1, -0.05) is 6.07 Å². The van der Waals surface area contributed by atoms with Crippen LogP contribution in [-0.2, 0) is 24.3 Å². The number of nitrogens with one attached hydrogen (secondary N) is 2. The summed E-state index contributed by atoms with van der Waals surface area (Å²) < 4.78 is 0. The number of amides is 1. The van der Waals surface area contributed by atoms with Crippen molar-refractivity contribution in [3.63, 3.8) is 0 Å². The van der Waals surface area contributed by atoms with Gasteiger partial charge >= 0.3 is 0 Å². The van der Waals surface area contributed by atoms with E-state index >= 15 is 0 Å². The smallest absolute Gasteiger partial charge is 0.230 e. The summed E-state index contributed by atoms with van der Waals surface area (Å²) in [4.78, 5) is 22.4. The third-order valence-corrected chi connectivity index (χ3v) is 6.22. The predicted octanol–water partition coefficient (Wildman–Crippen LogP) is 2.44. The average molecular weight is 366 g/mol. The molecule has 27 heavy (non-hydrogen) atoms. The molecule has 0 aliphatic carbocycles. The Balaban J connectivity index is 1.47. The molecule has 0 spiro atoms. The number of fused-ring (bicyclic) bond motifs is 5. The number of hydrogen-bond acceptors (Lipinski definition) is 5. The largest absolute Gasteiger partial charge is 0.332 e. The van der Waals surface area contributed by atoms with Crippen LogP contribution in [-0.4, -0.2) is 50.5 Å². The van der Waals surface area contributed by atoms with Crippen LogP contribution < -0.4 is 5.32 Å². The Morgan fingerprint density at radius 3 is 3.04 bits per heavy atom. The molecule has 0 aromatic carbocycles. The summed E-state index contributed by atoms with van der Waals surface area (Å²) in [6.07, 6.45) is 4.18. The molecule has 2 aromatic heterocycles. The van der Waals surface area contributed by atoms with E-state index in [1.165, 1.54) is 0 Å². The lowest BCUT2D eigenvalue weighted by Crippen LogP contribution is -2.41. The highest BCUT2D eigenvalue weighted by Crippen LogP contribution is 2.36. The van der Waals surface area contributed by atoms with Crippen LogP contribution in [0.4, 0.5) is 11.6 Å². The Kier molecular flexibility index (Phi) is 3.93. The van der Waals surface area contributed by atoms with Gasteiger partial charge in [0.1, 0.15) is 5.82 Å². The number of rotatable bonds is 0. The number of anilines is 2. The van der Waals surface area contributed by atoms with E-state index < -0.39 is 0 Å². The van der Waals surface area contributed by atoms with Crippen LogP contribution in [0.1, 0.15) is 43.1 Å². The quantitative estimate of drug-likeness (QED) is 0.749. The first-order chi connectivity index (χ1) is 13.1. The van der Waals surface area contributed by atoms with Gasteiger partial charge in [-0.2, -0.15) is 5.10 Å². The van der Waals surface area contributed by atoms with E-state index in [2.05, 4.69) is 33.4 Å². The summed E-state index contributed by atoms with van der Waals surface area (Å²) >= 11 is 0. The van der Waals surface area contributed by atoms with Gasteiger partial charge in [-0.05, 0) is 57.8 Å². The van der Waals surface area contributed by atoms with Crippen molar-refractivity contribution >= 4 is 17.5 Å². The van der Waals surface area contributed by atoms with E-state index in [9.17, 15) is 4.79 Å². The molecule has 3 aliphatic heterocycles. The number of aromatic nitrogens is 3. The standard InChI is InChI=1S/C20H26N6O/c1-20-8-10-25(13-20)9-3-2-5-14-6-4-7-17(21-14)22-18-15-11-26(19(20)27)12-16(15)23-24-18/h4,6-7H,2-3,5,8-13H2,1H3,(H2,21,22,23,24). The fraction of sp³-hybridized carbons (Fsp3) is 0.550. The first kappa shape index (κ1) is 16.7. The van der Waals surface area contributed by atoms with Crippen LogP contribution in [0.2, 0.25) is 0 Å². The Morgan fingerprint density at radius 2 is 2.11 bits per heavy atom. The second-order valence-corrected chi connectivity index (χ2v) is 8.37. The molecule has 0 saturated carbocycles. The van der Waals surface area contributed by atoms with Gasteiger partial charge in [0, 0.05) is 17.8 Å². The van der Waals surface area contributed by atoms with Crippen LogP contribution in [0.15, 0.2) is 18.2 Å². The molecule has 2 unspecified atom stereocenters. The maximum atomic E-state index is 13.3. The summed E-state index contributed by atoms with van der Waals surface area (Å²) in [5.74, 6) is 1.87. The zero-order valence-electron chi connectivity index (χ0n) is 15.8. The summed E-state index contributed by atoms with van der Waals surface area (Å²) in [5, 5.41) is 10.9. The monoisotopic (exact) mass is 366 g/mol. The van der Waals surface area contributed by atoms with Crippen molar-refractivity contribution in [3.8, 4) is 0 Å². The molecule has 7 heteroatoms. The summed E-state index contributed by atoms with van der Waals surface area (Å²) in [5.41, 5.74) is 2.96. The number of aromatic amines is 1. The van der Waals surface area contributed by atoms with E-state index in [0.717, 1.165) is 73.9 Å². The Hall–Kier alpha value is -2.41. The number of H-pyrrole nitrogens is 1. The fourth-order valence-electron chi connectivity index (χ4n) is 4.64. The number of carbonyl (C=O) groups excluding carboxylic acids is 1. The van der Waals surface area contributed by atoms with Crippen molar-refractivity contribution in [1.82, 2.24) is 25.0 Å².